The second-order valence-electron chi connectivity index (χ2n) is 5.16. The molecule has 3 aromatic rings. The van der Waals surface area contributed by atoms with Crippen molar-refractivity contribution in [1.29, 1.82) is 0 Å². The molecule has 0 fully saturated rings. The van der Waals surface area contributed by atoms with Gasteiger partial charge in [0.1, 0.15) is 11.2 Å². The van der Waals surface area contributed by atoms with Crippen molar-refractivity contribution in [2.75, 3.05) is 0 Å². The lowest BCUT2D eigenvalue weighted by molar-refractivity contribution is 0.633. The second kappa shape index (κ2) is 4.53. The lowest BCUT2D eigenvalue weighted by atomic mass is 10.1. The highest BCUT2D eigenvalue weighted by Crippen LogP contribution is 2.20. The molecule has 0 unspecified atom stereocenters. The van der Waals surface area contributed by atoms with Crippen LogP contribution in [0, 0.1) is 5.92 Å². The average Bonchev–Trinajstić information content (AvgIpc) is 3.00. The van der Waals surface area contributed by atoms with Crippen LogP contribution in [0.3, 0.4) is 0 Å². The molecule has 0 atom stereocenters. The molecule has 0 bridgehead atoms. The van der Waals surface area contributed by atoms with E-state index in [-0.39, 0.29) is 0 Å². The molecule has 2 N–H and O–H groups in total. The summed E-state index contributed by atoms with van der Waals surface area (Å²) < 4.78 is 1.87. The van der Waals surface area contributed by atoms with Gasteiger partial charge in [-0.05, 0) is 25.3 Å². The van der Waals surface area contributed by atoms with E-state index in [9.17, 15) is 0 Å². The Morgan fingerprint density at radius 1 is 1.37 bits per heavy atom. The molecule has 0 aliphatic carbocycles. The van der Waals surface area contributed by atoms with Crippen molar-refractivity contribution < 1.29 is 0 Å². The van der Waals surface area contributed by atoms with E-state index < -0.39 is 0 Å². The standard InChI is InChI=1S/C13H18N6/c1-4-19-13-11(7-14-19)15-12(16-13)10-6-9(17-18-10)5-8(2)3/h6-8H,4-5H2,1-3H3,(H,15,16)(H,17,18). The van der Waals surface area contributed by atoms with Gasteiger partial charge < -0.3 is 4.98 Å². The van der Waals surface area contributed by atoms with E-state index in [1.54, 1.807) is 6.20 Å². The molecule has 0 radical (unpaired) electrons. The topological polar surface area (TPSA) is 75.2 Å². The molecule has 19 heavy (non-hydrogen) atoms. The fraction of sp³-hybridized carbons (Fsp3) is 0.462. The molecular formula is C13H18N6. The number of aryl methyl sites for hydroxylation is 1. The van der Waals surface area contributed by atoms with Crippen LogP contribution in [0.4, 0.5) is 0 Å². The largest absolute Gasteiger partial charge is 0.334 e. The van der Waals surface area contributed by atoms with Gasteiger partial charge in [0, 0.05) is 12.2 Å². The normalized spacial score (nSPS) is 11.8. The molecule has 3 aromatic heterocycles. The van der Waals surface area contributed by atoms with Gasteiger partial charge in [-0.1, -0.05) is 13.8 Å². The fourth-order valence-electron chi connectivity index (χ4n) is 2.23. The van der Waals surface area contributed by atoms with Crippen LogP contribution in [0.2, 0.25) is 0 Å². The number of imidazole rings is 1. The van der Waals surface area contributed by atoms with Gasteiger partial charge in [0.25, 0.3) is 0 Å². The van der Waals surface area contributed by atoms with Crippen molar-refractivity contribution in [3.63, 3.8) is 0 Å². The smallest absolute Gasteiger partial charge is 0.176 e. The van der Waals surface area contributed by atoms with Crippen LogP contribution in [0.15, 0.2) is 12.3 Å². The van der Waals surface area contributed by atoms with Crippen LogP contribution in [0.25, 0.3) is 22.7 Å². The molecule has 3 rings (SSSR count). The maximum Gasteiger partial charge on any atom is 0.176 e. The van der Waals surface area contributed by atoms with Gasteiger partial charge in [0.05, 0.1) is 6.20 Å². The summed E-state index contributed by atoms with van der Waals surface area (Å²) in [5, 5.41) is 11.6. The third kappa shape index (κ3) is 2.14. The minimum Gasteiger partial charge on any atom is -0.334 e. The molecule has 6 nitrogen and oxygen atoms in total. The van der Waals surface area contributed by atoms with Crippen LogP contribution in [0.1, 0.15) is 26.5 Å². The number of nitrogens with one attached hydrogen (secondary N) is 2. The number of aromatic nitrogens is 6. The fourth-order valence-corrected chi connectivity index (χ4v) is 2.23. The molecule has 0 amide bonds. The van der Waals surface area contributed by atoms with Crippen LogP contribution in [-0.2, 0) is 13.0 Å². The van der Waals surface area contributed by atoms with Crippen molar-refractivity contribution in [3.05, 3.63) is 18.0 Å². The first kappa shape index (κ1) is 12.0. The number of aromatic amines is 2. The number of fused-ring (bicyclic) bond motifs is 1. The second-order valence-corrected chi connectivity index (χ2v) is 5.16. The molecule has 100 valence electrons. The Morgan fingerprint density at radius 3 is 2.95 bits per heavy atom. The van der Waals surface area contributed by atoms with E-state index in [1.807, 2.05) is 4.68 Å². The van der Waals surface area contributed by atoms with Crippen molar-refractivity contribution in [2.45, 2.75) is 33.7 Å². The predicted molar refractivity (Wildman–Crippen MR) is 73.7 cm³/mol. The van der Waals surface area contributed by atoms with Gasteiger partial charge in [-0.3, -0.25) is 5.10 Å². The quantitative estimate of drug-likeness (QED) is 0.754. The van der Waals surface area contributed by atoms with Crippen molar-refractivity contribution in [3.8, 4) is 11.5 Å². The number of hydrogen-bond donors (Lipinski definition) is 2. The monoisotopic (exact) mass is 258 g/mol. The molecule has 0 aromatic carbocycles. The zero-order valence-electron chi connectivity index (χ0n) is 11.4. The molecule has 3 heterocycles. The van der Waals surface area contributed by atoms with Gasteiger partial charge in [-0.15, -0.1) is 0 Å². The van der Waals surface area contributed by atoms with Crippen LogP contribution in [0.5, 0.6) is 0 Å². The minimum absolute atomic E-state index is 0.609. The van der Waals surface area contributed by atoms with Crippen LogP contribution < -0.4 is 0 Å². The first-order valence-electron chi connectivity index (χ1n) is 6.63. The summed E-state index contributed by atoms with van der Waals surface area (Å²) in [7, 11) is 0. The van der Waals surface area contributed by atoms with E-state index in [2.05, 4.69) is 52.1 Å². The van der Waals surface area contributed by atoms with Crippen molar-refractivity contribution >= 4 is 11.2 Å². The summed E-state index contributed by atoms with van der Waals surface area (Å²) in [6, 6.07) is 2.06. The third-order valence-corrected chi connectivity index (χ3v) is 3.08. The summed E-state index contributed by atoms with van der Waals surface area (Å²) in [6.45, 7) is 7.25. The highest BCUT2D eigenvalue weighted by Gasteiger charge is 2.12. The minimum atomic E-state index is 0.609. The molecular weight excluding hydrogens is 240 g/mol. The molecule has 0 aliphatic rings. The Kier molecular flexibility index (Phi) is 2.85. The molecule has 0 spiro atoms. The van der Waals surface area contributed by atoms with Gasteiger partial charge >= 0.3 is 0 Å². The molecule has 0 saturated carbocycles. The van der Waals surface area contributed by atoms with Gasteiger partial charge in [0.15, 0.2) is 11.5 Å². The Morgan fingerprint density at radius 2 is 2.21 bits per heavy atom. The summed E-state index contributed by atoms with van der Waals surface area (Å²) in [6.07, 6.45) is 2.80. The van der Waals surface area contributed by atoms with Gasteiger partial charge in [-0.2, -0.15) is 10.2 Å². The van der Waals surface area contributed by atoms with Crippen LogP contribution >= 0.6 is 0 Å². The Hall–Kier alpha value is -2.11. The lowest BCUT2D eigenvalue weighted by Crippen LogP contribution is -1.96. The maximum absolute atomic E-state index is 4.57. The Bertz CT molecular complexity index is 687. The average molecular weight is 258 g/mol. The van der Waals surface area contributed by atoms with E-state index in [0.717, 1.165) is 41.3 Å². The molecule has 6 heteroatoms. The van der Waals surface area contributed by atoms with Crippen molar-refractivity contribution in [2.24, 2.45) is 5.92 Å². The highest BCUT2D eigenvalue weighted by molar-refractivity contribution is 5.74. The number of rotatable bonds is 4. The highest BCUT2D eigenvalue weighted by atomic mass is 15.3. The molecule has 0 saturated heterocycles. The zero-order chi connectivity index (χ0) is 13.4. The van der Waals surface area contributed by atoms with Gasteiger partial charge in [-0.25, -0.2) is 9.67 Å². The number of H-pyrrole nitrogens is 2. The molecule has 0 aliphatic heterocycles. The Balaban J connectivity index is 1.95. The van der Waals surface area contributed by atoms with Crippen molar-refractivity contribution in [1.82, 2.24) is 29.9 Å². The maximum atomic E-state index is 4.57. The zero-order valence-corrected chi connectivity index (χ0v) is 11.4. The summed E-state index contributed by atoms with van der Waals surface area (Å²) >= 11 is 0. The van der Waals surface area contributed by atoms with E-state index in [0.29, 0.717) is 5.92 Å². The third-order valence-electron chi connectivity index (χ3n) is 3.08. The number of nitrogens with zero attached hydrogens (tertiary/aromatic N) is 4. The number of hydrogen-bond acceptors (Lipinski definition) is 3. The predicted octanol–water partition coefficient (Wildman–Crippen LogP) is 2.37. The van der Waals surface area contributed by atoms with Gasteiger partial charge in [0.2, 0.25) is 0 Å². The van der Waals surface area contributed by atoms with E-state index in [1.165, 1.54) is 0 Å². The first-order chi connectivity index (χ1) is 9.17. The SMILES string of the molecule is CCn1ncc2[nH]c(-c3cc(CC(C)C)[nH]n3)nc21. The summed E-state index contributed by atoms with van der Waals surface area (Å²) in [5.74, 6) is 1.40. The van der Waals surface area contributed by atoms with Crippen LogP contribution in [-0.4, -0.2) is 29.9 Å². The summed E-state index contributed by atoms with van der Waals surface area (Å²) in [5.41, 5.74) is 3.83. The van der Waals surface area contributed by atoms with E-state index >= 15 is 0 Å². The lowest BCUT2D eigenvalue weighted by Gasteiger charge is -1.98. The summed E-state index contributed by atoms with van der Waals surface area (Å²) in [4.78, 5) is 7.82. The first-order valence-corrected chi connectivity index (χ1v) is 6.63. The van der Waals surface area contributed by atoms with E-state index in [4.69, 9.17) is 0 Å². The Labute approximate surface area is 111 Å².